The monoisotopic (exact) mass is 1050 g/mol. The summed E-state index contributed by atoms with van der Waals surface area (Å²) in [5.74, 6) is 10.8. The van der Waals surface area contributed by atoms with Crippen molar-refractivity contribution in [2.45, 2.75) is 243 Å². The van der Waals surface area contributed by atoms with E-state index in [0.717, 1.165) is 80.3 Å². The first-order valence-electron chi connectivity index (χ1n) is 29.4. The van der Waals surface area contributed by atoms with Crippen molar-refractivity contribution < 1.29 is 68.9 Å². The Balaban J connectivity index is 0.000000861. The average Bonchev–Trinajstić information content (AvgIpc) is 4.14. The van der Waals surface area contributed by atoms with E-state index in [1.54, 1.807) is 6.08 Å². The van der Waals surface area contributed by atoms with Crippen molar-refractivity contribution >= 4 is 11.6 Å². The minimum absolute atomic E-state index is 0. The largest absolute Gasteiger partial charge is 1.00 e. The van der Waals surface area contributed by atoms with Gasteiger partial charge in [-0.1, -0.05) is 167 Å². The van der Waals surface area contributed by atoms with E-state index in [-0.39, 0.29) is 61.1 Å². The molecule has 1 aliphatic heterocycles. The Labute approximate surface area is 473 Å². The van der Waals surface area contributed by atoms with Crippen molar-refractivity contribution in [3.8, 4) is 0 Å². The van der Waals surface area contributed by atoms with Gasteiger partial charge in [0.1, 0.15) is 12.2 Å². The maximum atomic E-state index is 11.5. The molecular weight excluding hydrogens is 931 g/mol. The number of epoxide rings is 1. The summed E-state index contributed by atoms with van der Waals surface area (Å²) in [5, 5.41) is 39.3. The molecule has 6 fully saturated rings. The van der Waals surface area contributed by atoms with Gasteiger partial charge in [-0.25, -0.2) is 0 Å². The summed E-state index contributed by atoms with van der Waals surface area (Å²) in [6.45, 7) is 43.4. The predicted molar refractivity (Wildman–Crippen MR) is 300 cm³/mol. The van der Waals surface area contributed by atoms with Gasteiger partial charge < -0.3 is 39.4 Å². The van der Waals surface area contributed by atoms with E-state index in [9.17, 15) is 15.3 Å². The smallest absolute Gasteiger partial charge is 0.852 e. The molecule has 0 bridgehead atoms. The van der Waals surface area contributed by atoms with E-state index >= 15 is 0 Å². The first-order valence-corrected chi connectivity index (χ1v) is 29.9. The SMILES string of the molecule is C=CCCl.C=CCO[C@@H]1CC(C)CC[C@H]1C(C)C.CC1CC[C@@H](C(C)C)[C@H](O)C1.CC1CC[C@@H](C(C)C)[C@H](OCC(O)CO)C1.CC1CC[C@@H](C(C)C)[C@H](OCC2CO2)C1.CC1CC[C@@H](C(C)C)[C@H]([O-])C1.[Na+]. The number of hydrogen-bond donors (Lipinski definition) is 3. The van der Waals surface area contributed by atoms with E-state index < -0.39 is 6.10 Å². The molecule has 0 amide bonds. The molecule has 0 aromatic carbocycles. The van der Waals surface area contributed by atoms with Crippen LogP contribution < -0.4 is 34.7 Å². The topological polar surface area (TPSA) is 124 Å². The van der Waals surface area contributed by atoms with Crippen LogP contribution in [0.25, 0.3) is 0 Å². The molecule has 1 saturated heterocycles. The standard InChI is InChI=1S/C13H26O3.C13H24O2.C13H24O.C10H20O.C10H19O.C3H5Cl.Na/c1-9(2)12-5-4-10(3)6-13(12)16-8-11(15)7-14;1-9(2)12-5-4-10(3)6-13(12)15-8-11-7-14-11;1-5-8-14-13-9-11(4)6-7-12(13)10(2)3;2*1-7(2)9-5-4-8(3)6-10(9)11;1-2-3-4;/h9-15H,4-8H2,1-3H3;9-13H,4-8H2,1-3H3;5,10-13H,1,6-9H2,2-4H3;7-11H,4-6H2,1-3H3;7-10H,4-6H2,1-3H3;2H,1,3H2;/q;;;;-1;;+1/t2*10?,11?,12-,13+;11?,12-,13+;2*8?,9-,10+;;/m00000../s1. The number of aliphatic hydroxyl groups is 3. The number of aliphatic hydroxyl groups excluding tert-OH is 3. The molecule has 72 heavy (non-hydrogen) atoms. The van der Waals surface area contributed by atoms with Gasteiger partial charge in [-0.3, -0.25) is 0 Å². The van der Waals surface area contributed by atoms with Crippen molar-refractivity contribution in [3.63, 3.8) is 0 Å². The second-order valence-corrected chi connectivity index (χ2v) is 25.7. The zero-order valence-corrected chi connectivity index (χ0v) is 52.6. The van der Waals surface area contributed by atoms with Gasteiger partial charge in [0.2, 0.25) is 0 Å². The van der Waals surface area contributed by atoms with Crippen LogP contribution in [0.4, 0.5) is 0 Å². The molecule has 422 valence electrons. The molecule has 0 aromatic heterocycles. The predicted octanol–water partition coefficient (Wildman–Crippen LogP) is 11.0. The Bertz CT molecular complexity index is 1280. The van der Waals surface area contributed by atoms with Crippen molar-refractivity contribution in [3.05, 3.63) is 25.3 Å². The molecule has 10 heteroatoms. The van der Waals surface area contributed by atoms with E-state index in [2.05, 4.69) is 117 Å². The van der Waals surface area contributed by atoms with E-state index in [1.165, 1.54) is 70.6 Å². The molecule has 17 atom stereocenters. The second kappa shape index (κ2) is 40.6. The van der Waals surface area contributed by atoms with Gasteiger partial charge in [-0.15, -0.1) is 30.9 Å². The third kappa shape index (κ3) is 30.6. The van der Waals surface area contributed by atoms with Crippen LogP contribution >= 0.6 is 11.6 Å². The Morgan fingerprint density at radius 3 is 1.24 bits per heavy atom. The van der Waals surface area contributed by atoms with Gasteiger partial charge in [-0.2, -0.15) is 0 Å². The van der Waals surface area contributed by atoms with Crippen molar-refractivity contribution in [1.29, 1.82) is 0 Å². The molecule has 7 unspecified atom stereocenters. The summed E-state index contributed by atoms with van der Waals surface area (Å²) in [6.07, 6.45) is 22.4. The van der Waals surface area contributed by atoms with Crippen LogP contribution in [0.5, 0.6) is 0 Å². The van der Waals surface area contributed by atoms with Gasteiger partial charge >= 0.3 is 29.6 Å². The summed E-state index contributed by atoms with van der Waals surface area (Å²) in [4.78, 5) is 0. The molecular formula is C62H118ClNaO8. The van der Waals surface area contributed by atoms with Gasteiger partial charge in [0.05, 0.1) is 57.5 Å². The minimum Gasteiger partial charge on any atom is -0.852 e. The fourth-order valence-electron chi connectivity index (χ4n) is 12.1. The van der Waals surface area contributed by atoms with E-state index in [4.69, 9.17) is 35.7 Å². The molecule has 0 aromatic rings. The Morgan fingerprint density at radius 2 is 0.903 bits per heavy atom. The Morgan fingerprint density at radius 1 is 0.556 bits per heavy atom. The summed E-state index contributed by atoms with van der Waals surface area (Å²) in [7, 11) is 0. The number of rotatable bonds is 16. The molecule has 8 nitrogen and oxygen atoms in total. The van der Waals surface area contributed by atoms with Crippen LogP contribution in [-0.2, 0) is 18.9 Å². The van der Waals surface area contributed by atoms with Crippen molar-refractivity contribution in [1.82, 2.24) is 0 Å². The number of allylic oxidation sites excluding steroid dienone is 1. The van der Waals surface area contributed by atoms with Crippen LogP contribution in [0, 0.1) is 88.8 Å². The van der Waals surface area contributed by atoms with Crippen LogP contribution in [0.2, 0.25) is 0 Å². The summed E-state index contributed by atoms with van der Waals surface area (Å²) >= 11 is 5.07. The average molecular weight is 1050 g/mol. The molecule has 1 heterocycles. The first-order chi connectivity index (χ1) is 33.5. The first kappa shape index (κ1) is 72.5. The zero-order valence-electron chi connectivity index (χ0n) is 49.9. The number of hydrogen-bond acceptors (Lipinski definition) is 8. The molecule has 6 aliphatic rings. The molecule has 5 aliphatic carbocycles. The zero-order chi connectivity index (χ0) is 53.8. The van der Waals surface area contributed by atoms with Crippen LogP contribution in [0.15, 0.2) is 25.3 Å². The van der Waals surface area contributed by atoms with E-state index in [1.807, 2.05) is 6.08 Å². The van der Waals surface area contributed by atoms with Gasteiger partial charge in [0.15, 0.2) is 0 Å². The number of alkyl halides is 1. The van der Waals surface area contributed by atoms with Crippen LogP contribution in [0.3, 0.4) is 0 Å². The van der Waals surface area contributed by atoms with Crippen LogP contribution in [-0.4, -0.2) is 97.0 Å². The summed E-state index contributed by atoms with van der Waals surface area (Å²) in [5.41, 5.74) is 0. The third-order valence-corrected chi connectivity index (χ3v) is 17.2. The van der Waals surface area contributed by atoms with E-state index in [0.29, 0.717) is 78.1 Å². The molecule has 0 radical (unpaired) electrons. The number of halogens is 1. The molecule has 6 rings (SSSR count). The van der Waals surface area contributed by atoms with Gasteiger partial charge in [-0.05, 0) is 134 Å². The maximum Gasteiger partial charge on any atom is 1.00 e. The summed E-state index contributed by atoms with van der Waals surface area (Å²) < 4.78 is 22.9. The Hall–Kier alpha value is 0.450. The Kier molecular flexibility index (Phi) is 40.9. The molecule has 5 saturated carbocycles. The normalized spacial score (nSPS) is 34.7. The summed E-state index contributed by atoms with van der Waals surface area (Å²) in [6, 6.07) is 0. The fourth-order valence-corrected chi connectivity index (χ4v) is 12.1. The molecule has 3 N–H and O–H groups in total. The fraction of sp³-hybridized carbons (Fsp3) is 0.935. The van der Waals surface area contributed by atoms with Gasteiger partial charge in [0.25, 0.3) is 0 Å². The second-order valence-electron chi connectivity index (χ2n) is 25.4. The molecule has 0 spiro atoms. The van der Waals surface area contributed by atoms with Crippen molar-refractivity contribution in [2.75, 3.05) is 38.9 Å². The minimum atomic E-state index is -0.731. The third-order valence-electron chi connectivity index (χ3n) is 17.0. The quantitative estimate of drug-likeness (QED) is 0.0604. The number of ether oxygens (including phenoxy) is 4. The maximum absolute atomic E-state index is 11.5. The van der Waals surface area contributed by atoms with Crippen molar-refractivity contribution in [2.24, 2.45) is 88.8 Å². The van der Waals surface area contributed by atoms with Gasteiger partial charge in [0, 0.05) is 5.88 Å². The van der Waals surface area contributed by atoms with Crippen LogP contribution in [0.1, 0.15) is 200 Å².